The van der Waals surface area contributed by atoms with Crippen LogP contribution in [0.5, 0.6) is 0 Å². The minimum absolute atomic E-state index is 0.282. The van der Waals surface area contributed by atoms with Crippen molar-refractivity contribution < 1.29 is 5.11 Å². The van der Waals surface area contributed by atoms with Crippen molar-refractivity contribution in [3.63, 3.8) is 0 Å². The standard InChI is InChI=1S/C13H20BrNOS/c1-9(2-4-11(16)8-17)6-10-3-5-12(14)13(15)7-10/h3,5,7,9,11,16-17H,2,4,6,8,15H2,1H3. The fourth-order valence-electron chi connectivity index (χ4n) is 1.79. The molecule has 2 unspecified atom stereocenters. The van der Waals surface area contributed by atoms with Gasteiger partial charge in [-0.15, -0.1) is 0 Å². The molecule has 4 heteroatoms. The van der Waals surface area contributed by atoms with Crippen LogP contribution in [0.4, 0.5) is 5.69 Å². The molecular formula is C13H20BrNOS. The third-order valence-electron chi connectivity index (χ3n) is 2.85. The molecule has 0 aliphatic heterocycles. The zero-order valence-electron chi connectivity index (χ0n) is 10.1. The Balaban J connectivity index is 2.44. The van der Waals surface area contributed by atoms with Gasteiger partial charge in [-0.1, -0.05) is 13.0 Å². The number of aliphatic hydroxyl groups excluding tert-OH is 1. The molecule has 0 aromatic heterocycles. The molecule has 0 heterocycles. The van der Waals surface area contributed by atoms with E-state index >= 15 is 0 Å². The normalized spacial score (nSPS) is 14.6. The van der Waals surface area contributed by atoms with Gasteiger partial charge in [0.25, 0.3) is 0 Å². The lowest BCUT2D eigenvalue weighted by Gasteiger charge is -2.14. The van der Waals surface area contributed by atoms with Crippen LogP contribution in [0.1, 0.15) is 25.3 Å². The molecule has 3 N–H and O–H groups in total. The van der Waals surface area contributed by atoms with Crippen LogP contribution in [0, 0.1) is 5.92 Å². The maximum atomic E-state index is 9.45. The monoisotopic (exact) mass is 317 g/mol. The summed E-state index contributed by atoms with van der Waals surface area (Å²) >= 11 is 7.46. The summed E-state index contributed by atoms with van der Waals surface area (Å²) in [6.45, 7) is 2.20. The first-order valence-electron chi connectivity index (χ1n) is 5.85. The highest BCUT2D eigenvalue weighted by atomic mass is 79.9. The summed E-state index contributed by atoms with van der Waals surface area (Å²) in [6.07, 6.45) is 2.54. The van der Waals surface area contributed by atoms with Crippen molar-refractivity contribution >= 4 is 34.2 Å². The summed E-state index contributed by atoms with van der Waals surface area (Å²) in [5, 5.41) is 9.45. The van der Waals surface area contributed by atoms with Gasteiger partial charge in [0, 0.05) is 15.9 Å². The van der Waals surface area contributed by atoms with Crippen molar-refractivity contribution in [1.82, 2.24) is 0 Å². The lowest BCUT2D eigenvalue weighted by atomic mass is 9.95. The van der Waals surface area contributed by atoms with Crippen LogP contribution in [0.3, 0.4) is 0 Å². The topological polar surface area (TPSA) is 46.2 Å². The van der Waals surface area contributed by atoms with Crippen molar-refractivity contribution in [1.29, 1.82) is 0 Å². The van der Waals surface area contributed by atoms with E-state index in [0.29, 0.717) is 11.7 Å². The molecule has 0 spiro atoms. The number of rotatable bonds is 6. The summed E-state index contributed by atoms with van der Waals surface area (Å²) in [7, 11) is 0. The first-order valence-corrected chi connectivity index (χ1v) is 7.28. The third kappa shape index (κ3) is 5.32. The smallest absolute Gasteiger partial charge is 0.0628 e. The molecule has 0 fully saturated rings. The molecule has 2 nitrogen and oxygen atoms in total. The molecule has 0 amide bonds. The van der Waals surface area contributed by atoms with E-state index in [1.165, 1.54) is 5.56 Å². The van der Waals surface area contributed by atoms with Gasteiger partial charge in [-0.05, 0) is 58.8 Å². The third-order valence-corrected chi connectivity index (χ3v) is 3.99. The van der Waals surface area contributed by atoms with E-state index in [-0.39, 0.29) is 6.10 Å². The molecular weight excluding hydrogens is 298 g/mol. The first-order chi connectivity index (χ1) is 8.02. The molecule has 0 aliphatic carbocycles. The number of aliphatic hydroxyl groups is 1. The number of anilines is 1. The minimum Gasteiger partial charge on any atom is -0.398 e. The number of thiol groups is 1. The highest BCUT2D eigenvalue weighted by Crippen LogP contribution is 2.23. The number of hydrogen-bond donors (Lipinski definition) is 3. The van der Waals surface area contributed by atoms with Gasteiger partial charge in [-0.3, -0.25) is 0 Å². The highest BCUT2D eigenvalue weighted by molar-refractivity contribution is 9.10. The molecule has 96 valence electrons. The molecule has 2 atom stereocenters. The Morgan fingerprint density at radius 3 is 2.71 bits per heavy atom. The van der Waals surface area contributed by atoms with E-state index in [1.807, 2.05) is 12.1 Å². The molecule has 0 saturated carbocycles. The number of halogens is 1. The minimum atomic E-state index is -0.282. The second-order valence-corrected chi connectivity index (χ2v) is 5.80. The maximum Gasteiger partial charge on any atom is 0.0628 e. The highest BCUT2D eigenvalue weighted by Gasteiger charge is 2.08. The zero-order chi connectivity index (χ0) is 12.8. The fraction of sp³-hybridized carbons (Fsp3) is 0.538. The van der Waals surface area contributed by atoms with Crippen LogP contribution in [0.2, 0.25) is 0 Å². The molecule has 0 saturated heterocycles. The van der Waals surface area contributed by atoms with Crippen LogP contribution in [0.25, 0.3) is 0 Å². The van der Waals surface area contributed by atoms with Crippen molar-refractivity contribution in [3.05, 3.63) is 28.2 Å². The van der Waals surface area contributed by atoms with Crippen LogP contribution in [-0.4, -0.2) is 17.0 Å². The number of hydrogen-bond acceptors (Lipinski definition) is 3. The van der Waals surface area contributed by atoms with Gasteiger partial charge in [-0.25, -0.2) is 0 Å². The molecule has 0 radical (unpaired) electrons. The number of benzene rings is 1. The second kappa shape index (κ2) is 7.29. The van der Waals surface area contributed by atoms with Gasteiger partial charge in [0.1, 0.15) is 0 Å². The SMILES string of the molecule is CC(CCC(O)CS)Cc1ccc(Br)c(N)c1. The lowest BCUT2D eigenvalue weighted by Crippen LogP contribution is -2.11. The molecule has 1 rings (SSSR count). The quantitative estimate of drug-likeness (QED) is 0.557. The number of nitrogens with two attached hydrogens (primary N) is 1. The van der Waals surface area contributed by atoms with E-state index in [2.05, 4.69) is 41.5 Å². The van der Waals surface area contributed by atoms with Gasteiger partial charge in [0.2, 0.25) is 0 Å². The summed E-state index contributed by atoms with van der Waals surface area (Å²) in [5.74, 6) is 1.09. The van der Waals surface area contributed by atoms with Crippen LogP contribution in [-0.2, 0) is 6.42 Å². The lowest BCUT2D eigenvalue weighted by molar-refractivity contribution is 0.179. The van der Waals surface area contributed by atoms with Crippen molar-refractivity contribution in [3.8, 4) is 0 Å². The Kier molecular flexibility index (Phi) is 6.38. The summed E-state index contributed by atoms with van der Waals surface area (Å²) in [5.41, 5.74) is 7.87. The Morgan fingerprint density at radius 1 is 1.41 bits per heavy atom. The summed E-state index contributed by atoms with van der Waals surface area (Å²) < 4.78 is 0.944. The average molecular weight is 318 g/mol. The zero-order valence-corrected chi connectivity index (χ0v) is 12.5. The second-order valence-electron chi connectivity index (χ2n) is 4.58. The molecule has 17 heavy (non-hydrogen) atoms. The average Bonchev–Trinajstić information content (AvgIpc) is 2.31. The Morgan fingerprint density at radius 2 is 2.12 bits per heavy atom. The van der Waals surface area contributed by atoms with E-state index in [1.54, 1.807) is 0 Å². The Bertz CT molecular complexity index is 359. The van der Waals surface area contributed by atoms with Gasteiger partial charge in [0.05, 0.1) is 6.10 Å². The Hall–Kier alpha value is -0.190. The van der Waals surface area contributed by atoms with E-state index in [0.717, 1.165) is 29.4 Å². The fourth-order valence-corrected chi connectivity index (χ4v) is 2.22. The van der Waals surface area contributed by atoms with Gasteiger partial charge in [0.15, 0.2) is 0 Å². The Labute approximate surface area is 117 Å². The molecule has 1 aromatic rings. The predicted molar refractivity (Wildman–Crippen MR) is 80.5 cm³/mol. The van der Waals surface area contributed by atoms with Crippen molar-refractivity contribution in [2.24, 2.45) is 5.92 Å². The number of nitrogen functional groups attached to an aromatic ring is 1. The van der Waals surface area contributed by atoms with Gasteiger partial charge >= 0.3 is 0 Å². The largest absolute Gasteiger partial charge is 0.398 e. The maximum absolute atomic E-state index is 9.45. The van der Waals surface area contributed by atoms with Crippen molar-refractivity contribution in [2.75, 3.05) is 11.5 Å². The van der Waals surface area contributed by atoms with E-state index in [9.17, 15) is 5.11 Å². The van der Waals surface area contributed by atoms with Gasteiger partial charge < -0.3 is 10.8 Å². The molecule has 0 bridgehead atoms. The summed E-state index contributed by atoms with van der Waals surface area (Å²) in [6, 6.07) is 6.08. The molecule has 1 aromatic carbocycles. The van der Waals surface area contributed by atoms with E-state index in [4.69, 9.17) is 5.73 Å². The van der Waals surface area contributed by atoms with Gasteiger partial charge in [-0.2, -0.15) is 12.6 Å². The summed E-state index contributed by atoms with van der Waals surface area (Å²) in [4.78, 5) is 0. The van der Waals surface area contributed by atoms with Crippen molar-refractivity contribution in [2.45, 2.75) is 32.3 Å². The van der Waals surface area contributed by atoms with Crippen LogP contribution < -0.4 is 5.73 Å². The predicted octanol–water partition coefficient (Wildman–Crippen LogP) is 3.28. The molecule has 0 aliphatic rings. The van der Waals surface area contributed by atoms with Crippen LogP contribution >= 0.6 is 28.6 Å². The van der Waals surface area contributed by atoms with E-state index < -0.39 is 0 Å². The van der Waals surface area contributed by atoms with Crippen LogP contribution in [0.15, 0.2) is 22.7 Å². The first kappa shape index (κ1) is 14.9.